The summed E-state index contributed by atoms with van der Waals surface area (Å²) in [6, 6.07) is 0. The Morgan fingerprint density at radius 1 is 1.08 bits per heavy atom. The first-order valence-corrected chi connectivity index (χ1v) is 8.37. The normalized spacial score (nSPS) is 15.4. The van der Waals surface area contributed by atoms with Crippen molar-refractivity contribution in [3.05, 3.63) is 23.4 Å². The van der Waals surface area contributed by atoms with E-state index in [1.54, 1.807) is 6.92 Å². The van der Waals surface area contributed by atoms with Crippen LogP contribution in [0.1, 0.15) is 55.0 Å². The second-order valence-corrected chi connectivity index (χ2v) is 6.21. The lowest BCUT2D eigenvalue weighted by Crippen LogP contribution is -2.09. The average Bonchev–Trinajstić information content (AvgIpc) is 3.25. The summed E-state index contributed by atoms with van der Waals surface area (Å²) in [5, 5.41) is 7.36. The second kappa shape index (κ2) is 6.18. The van der Waals surface area contributed by atoms with E-state index in [1.165, 1.54) is 12.8 Å². The summed E-state index contributed by atoms with van der Waals surface area (Å²) in [5.74, 6) is 3.85. The van der Waals surface area contributed by atoms with Crippen LogP contribution in [-0.4, -0.2) is 31.6 Å². The highest BCUT2D eigenvalue weighted by atomic mass is 16.5. The molecule has 8 nitrogen and oxygen atoms in total. The summed E-state index contributed by atoms with van der Waals surface area (Å²) < 4.78 is 10.9. The van der Waals surface area contributed by atoms with E-state index in [-0.39, 0.29) is 0 Å². The Bertz CT molecular complexity index is 849. The molecule has 4 rings (SSSR count). The topological polar surface area (TPSA) is 103 Å². The molecule has 126 valence electrons. The van der Waals surface area contributed by atoms with Crippen molar-refractivity contribution in [1.82, 2.24) is 25.1 Å². The highest BCUT2D eigenvalue weighted by molar-refractivity contribution is 5.81. The van der Waals surface area contributed by atoms with E-state index in [1.807, 2.05) is 6.92 Å². The molecule has 8 heteroatoms. The number of fused-ring (bicyclic) bond motifs is 1. The van der Waals surface area contributed by atoms with Crippen molar-refractivity contribution in [2.45, 2.75) is 51.9 Å². The molecule has 24 heavy (non-hydrogen) atoms. The van der Waals surface area contributed by atoms with Crippen molar-refractivity contribution in [3.8, 4) is 0 Å². The number of aryl methyl sites for hydroxylation is 2. The summed E-state index contributed by atoms with van der Waals surface area (Å²) >= 11 is 0. The van der Waals surface area contributed by atoms with Gasteiger partial charge in [-0.25, -0.2) is 9.97 Å². The SMILES string of the molecule is Cc1nc(NCCc2noc(C3CCCC3)n2)c2nc(C)oc2n1. The fourth-order valence-corrected chi connectivity index (χ4v) is 3.16. The molecule has 0 aliphatic heterocycles. The number of rotatable bonds is 5. The summed E-state index contributed by atoms with van der Waals surface area (Å²) in [7, 11) is 0. The minimum absolute atomic E-state index is 0.446. The lowest BCUT2D eigenvalue weighted by molar-refractivity contribution is 0.350. The molecule has 0 unspecified atom stereocenters. The van der Waals surface area contributed by atoms with Crippen LogP contribution in [0.15, 0.2) is 8.94 Å². The lowest BCUT2D eigenvalue weighted by Gasteiger charge is -2.04. The van der Waals surface area contributed by atoms with Gasteiger partial charge in [-0.05, 0) is 19.8 Å². The van der Waals surface area contributed by atoms with Crippen molar-refractivity contribution in [2.75, 3.05) is 11.9 Å². The molecule has 1 aliphatic carbocycles. The number of nitrogens with zero attached hydrogens (tertiary/aromatic N) is 5. The Hall–Kier alpha value is -2.51. The molecule has 1 N–H and O–H groups in total. The zero-order chi connectivity index (χ0) is 16.5. The number of anilines is 1. The van der Waals surface area contributed by atoms with Gasteiger partial charge >= 0.3 is 0 Å². The smallest absolute Gasteiger partial charge is 0.252 e. The van der Waals surface area contributed by atoms with E-state index in [9.17, 15) is 0 Å². The molecule has 0 aromatic carbocycles. The number of aromatic nitrogens is 5. The van der Waals surface area contributed by atoms with Gasteiger partial charge in [-0.3, -0.25) is 0 Å². The van der Waals surface area contributed by atoms with Gasteiger partial charge in [0.05, 0.1) is 0 Å². The van der Waals surface area contributed by atoms with Gasteiger partial charge in [0.15, 0.2) is 23.0 Å². The van der Waals surface area contributed by atoms with Crippen LogP contribution in [0.3, 0.4) is 0 Å². The van der Waals surface area contributed by atoms with Gasteiger partial charge in [0.1, 0.15) is 5.82 Å². The standard InChI is InChI=1S/C16H20N6O2/c1-9-18-14(13-16(19-9)23-10(2)20-13)17-8-7-12-21-15(24-22-12)11-5-3-4-6-11/h11H,3-8H2,1-2H3,(H,17,18,19). The van der Waals surface area contributed by atoms with Gasteiger partial charge < -0.3 is 14.3 Å². The van der Waals surface area contributed by atoms with Crippen molar-refractivity contribution in [2.24, 2.45) is 0 Å². The fourth-order valence-electron chi connectivity index (χ4n) is 3.16. The molecule has 3 aromatic rings. The van der Waals surface area contributed by atoms with Crippen LogP contribution >= 0.6 is 0 Å². The Kier molecular flexibility index (Phi) is 3.87. The Morgan fingerprint density at radius 2 is 1.92 bits per heavy atom. The largest absolute Gasteiger partial charge is 0.422 e. The highest BCUT2D eigenvalue weighted by Gasteiger charge is 2.22. The van der Waals surface area contributed by atoms with E-state index in [0.29, 0.717) is 47.6 Å². The third kappa shape index (κ3) is 2.95. The van der Waals surface area contributed by atoms with Gasteiger partial charge in [0.2, 0.25) is 5.89 Å². The highest BCUT2D eigenvalue weighted by Crippen LogP contribution is 2.32. The minimum Gasteiger partial charge on any atom is -0.422 e. The molecule has 3 heterocycles. The monoisotopic (exact) mass is 328 g/mol. The third-order valence-corrected chi connectivity index (χ3v) is 4.31. The first-order valence-electron chi connectivity index (χ1n) is 8.37. The molecular formula is C16H20N6O2. The van der Waals surface area contributed by atoms with Crippen molar-refractivity contribution < 1.29 is 8.94 Å². The van der Waals surface area contributed by atoms with E-state index in [2.05, 4.69) is 30.4 Å². The first kappa shape index (κ1) is 15.0. The van der Waals surface area contributed by atoms with Gasteiger partial charge in [-0.1, -0.05) is 18.0 Å². The summed E-state index contributed by atoms with van der Waals surface area (Å²) in [5.41, 5.74) is 1.16. The van der Waals surface area contributed by atoms with E-state index in [0.717, 1.165) is 24.6 Å². The molecule has 1 saturated carbocycles. The maximum absolute atomic E-state index is 5.47. The Labute approximate surface area is 139 Å². The summed E-state index contributed by atoms with van der Waals surface area (Å²) in [6.07, 6.45) is 5.49. The molecule has 0 radical (unpaired) electrons. The molecule has 0 atom stereocenters. The van der Waals surface area contributed by atoms with Crippen LogP contribution < -0.4 is 5.32 Å². The van der Waals surface area contributed by atoms with Crippen LogP contribution in [0.2, 0.25) is 0 Å². The zero-order valence-electron chi connectivity index (χ0n) is 13.9. The van der Waals surface area contributed by atoms with E-state index >= 15 is 0 Å². The maximum atomic E-state index is 5.47. The van der Waals surface area contributed by atoms with Crippen LogP contribution in [0.25, 0.3) is 11.2 Å². The van der Waals surface area contributed by atoms with Gasteiger partial charge in [0.25, 0.3) is 5.71 Å². The first-order chi connectivity index (χ1) is 11.7. The molecule has 0 bridgehead atoms. The van der Waals surface area contributed by atoms with Crippen LogP contribution in [0.5, 0.6) is 0 Å². The molecule has 0 spiro atoms. The van der Waals surface area contributed by atoms with Crippen molar-refractivity contribution >= 4 is 17.0 Å². The molecule has 0 amide bonds. The number of hydrogen-bond acceptors (Lipinski definition) is 8. The predicted octanol–water partition coefficient (Wildman–Crippen LogP) is 2.93. The molecule has 3 aromatic heterocycles. The quantitative estimate of drug-likeness (QED) is 0.762. The second-order valence-electron chi connectivity index (χ2n) is 6.21. The van der Waals surface area contributed by atoms with Crippen LogP contribution in [0, 0.1) is 13.8 Å². The van der Waals surface area contributed by atoms with Crippen molar-refractivity contribution in [3.63, 3.8) is 0 Å². The number of oxazole rings is 1. The van der Waals surface area contributed by atoms with E-state index in [4.69, 9.17) is 8.94 Å². The van der Waals surface area contributed by atoms with Crippen LogP contribution in [0.4, 0.5) is 5.82 Å². The van der Waals surface area contributed by atoms with Crippen molar-refractivity contribution in [1.29, 1.82) is 0 Å². The molecular weight excluding hydrogens is 308 g/mol. The zero-order valence-corrected chi connectivity index (χ0v) is 13.9. The summed E-state index contributed by atoms with van der Waals surface area (Å²) in [6.45, 7) is 4.27. The molecule has 0 saturated heterocycles. The summed E-state index contributed by atoms with van der Waals surface area (Å²) in [4.78, 5) is 17.5. The predicted molar refractivity (Wildman–Crippen MR) is 86.8 cm³/mol. The Balaban J connectivity index is 1.42. The van der Waals surface area contributed by atoms with Gasteiger partial charge in [-0.15, -0.1) is 0 Å². The van der Waals surface area contributed by atoms with E-state index < -0.39 is 0 Å². The van der Waals surface area contributed by atoms with Gasteiger partial charge in [0, 0.05) is 25.8 Å². The number of nitrogens with one attached hydrogen (secondary N) is 1. The molecule has 1 aliphatic rings. The lowest BCUT2D eigenvalue weighted by atomic mass is 10.1. The average molecular weight is 328 g/mol. The maximum Gasteiger partial charge on any atom is 0.252 e. The molecule has 1 fully saturated rings. The number of hydrogen-bond donors (Lipinski definition) is 1. The van der Waals surface area contributed by atoms with Crippen LogP contribution in [-0.2, 0) is 6.42 Å². The fraction of sp³-hybridized carbons (Fsp3) is 0.562. The Morgan fingerprint density at radius 3 is 2.75 bits per heavy atom. The van der Waals surface area contributed by atoms with Gasteiger partial charge in [-0.2, -0.15) is 9.97 Å². The third-order valence-electron chi connectivity index (χ3n) is 4.31. The minimum atomic E-state index is 0.446.